The number of hydrogen-bond acceptors (Lipinski definition) is 5. The Morgan fingerprint density at radius 3 is 3.18 bits per heavy atom. The molecule has 0 spiro atoms. The van der Waals surface area contributed by atoms with Crippen molar-refractivity contribution in [2.45, 2.75) is 0 Å². The van der Waals surface area contributed by atoms with Crippen molar-refractivity contribution in [2.75, 3.05) is 12.3 Å². The van der Waals surface area contributed by atoms with E-state index >= 15 is 0 Å². The van der Waals surface area contributed by atoms with Crippen LogP contribution in [-0.2, 0) is 4.74 Å². The first-order valence-electron chi connectivity index (χ1n) is 4.71. The van der Waals surface area contributed by atoms with E-state index in [1.807, 2.05) is 0 Å². The van der Waals surface area contributed by atoms with Crippen LogP contribution in [0.3, 0.4) is 0 Å². The summed E-state index contributed by atoms with van der Waals surface area (Å²) in [5, 5.41) is 4.32. The number of carbonyl (C=O) groups excluding carboxylic acids is 1. The van der Waals surface area contributed by atoms with Crippen LogP contribution in [0.25, 0.3) is 5.65 Å². The molecule has 17 heavy (non-hydrogen) atoms. The van der Waals surface area contributed by atoms with E-state index < -0.39 is 5.97 Å². The third-order valence-corrected chi connectivity index (χ3v) is 2.20. The second-order valence-electron chi connectivity index (χ2n) is 3.19. The molecular weight excluding hydrogens is 244 g/mol. The van der Waals surface area contributed by atoms with Crippen LogP contribution < -0.4 is 5.73 Å². The van der Waals surface area contributed by atoms with Gasteiger partial charge in [-0.3, -0.25) is 0 Å². The second kappa shape index (κ2) is 4.42. The molecule has 0 atom stereocenters. The van der Waals surface area contributed by atoms with Gasteiger partial charge in [-0.1, -0.05) is 24.3 Å². The lowest BCUT2D eigenvalue weighted by Crippen LogP contribution is -2.07. The number of nitrogen functional groups attached to an aromatic ring is 1. The second-order valence-corrected chi connectivity index (χ2v) is 3.62. The minimum atomic E-state index is -0.591. The smallest absolute Gasteiger partial charge is 0.346 e. The predicted octanol–water partition coefficient (Wildman–Crippen LogP) is 1.31. The van der Waals surface area contributed by atoms with Gasteiger partial charge in [0.2, 0.25) is 0 Å². The Labute approximate surface area is 102 Å². The molecule has 0 fully saturated rings. The summed E-state index contributed by atoms with van der Waals surface area (Å²) in [6.45, 7) is 3.55. The Balaban J connectivity index is 2.49. The number of nitrogens with two attached hydrogens (primary N) is 1. The Bertz CT molecular complexity index is 593. The lowest BCUT2D eigenvalue weighted by molar-refractivity contribution is 0.0553. The highest BCUT2D eigenvalue weighted by atomic mass is 35.5. The standard InChI is InChI=1S/C10H9ClN4O2/c1-2-3-17-10(16)7-8(12)14-15-5-6(11)4-13-9(7)15/h2,4-5H,1,3H2,(H2,12,14). The van der Waals surface area contributed by atoms with Crippen molar-refractivity contribution >= 4 is 29.0 Å². The van der Waals surface area contributed by atoms with E-state index in [0.29, 0.717) is 10.7 Å². The lowest BCUT2D eigenvalue weighted by atomic mass is 10.3. The third-order valence-electron chi connectivity index (χ3n) is 2.00. The molecule has 0 aliphatic carbocycles. The fourth-order valence-electron chi connectivity index (χ4n) is 1.33. The van der Waals surface area contributed by atoms with Crippen molar-refractivity contribution in [3.63, 3.8) is 0 Å². The monoisotopic (exact) mass is 252 g/mol. The van der Waals surface area contributed by atoms with E-state index in [0.717, 1.165) is 0 Å². The molecule has 2 rings (SSSR count). The summed E-state index contributed by atoms with van der Waals surface area (Å²) in [7, 11) is 0. The zero-order valence-corrected chi connectivity index (χ0v) is 9.52. The molecular formula is C10H9ClN4O2. The number of aromatic nitrogens is 3. The number of nitrogens with zero attached hydrogens (tertiary/aromatic N) is 3. The van der Waals surface area contributed by atoms with Gasteiger partial charge in [-0.25, -0.2) is 14.3 Å². The topological polar surface area (TPSA) is 82.5 Å². The molecule has 6 nitrogen and oxygen atoms in total. The number of ether oxygens (including phenoxy) is 1. The van der Waals surface area contributed by atoms with Crippen molar-refractivity contribution in [1.29, 1.82) is 0 Å². The van der Waals surface area contributed by atoms with Crippen molar-refractivity contribution in [1.82, 2.24) is 14.6 Å². The average molecular weight is 253 g/mol. The molecule has 0 aliphatic rings. The van der Waals surface area contributed by atoms with E-state index in [1.165, 1.54) is 23.0 Å². The molecule has 7 heteroatoms. The van der Waals surface area contributed by atoms with Gasteiger partial charge in [0.05, 0.1) is 11.2 Å². The average Bonchev–Trinajstić information content (AvgIpc) is 2.61. The van der Waals surface area contributed by atoms with E-state index in [-0.39, 0.29) is 18.0 Å². The maximum Gasteiger partial charge on any atom is 0.346 e. The zero-order valence-electron chi connectivity index (χ0n) is 8.76. The summed E-state index contributed by atoms with van der Waals surface area (Å²) in [6.07, 6.45) is 4.37. The molecule has 0 aliphatic heterocycles. The number of hydrogen-bond donors (Lipinski definition) is 1. The Morgan fingerprint density at radius 2 is 2.47 bits per heavy atom. The van der Waals surface area contributed by atoms with Crippen molar-refractivity contribution in [2.24, 2.45) is 0 Å². The molecule has 2 N–H and O–H groups in total. The first kappa shape index (κ1) is 11.4. The van der Waals surface area contributed by atoms with Gasteiger partial charge in [-0.05, 0) is 0 Å². The fraction of sp³-hybridized carbons (Fsp3) is 0.100. The molecule has 0 bridgehead atoms. The summed E-state index contributed by atoms with van der Waals surface area (Å²) >= 11 is 5.75. The highest BCUT2D eigenvalue weighted by Crippen LogP contribution is 2.18. The molecule has 88 valence electrons. The van der Waals surface area contributed by atoms with Gasteiger partial charge in [0, 0.05) is 6.20 Å². The fourth-order valence-corrected chi connectivity index (χ4v) is 1.47. The largest absolute Gasteiger partial charge is 0.458 e. The van der Waals surface area contributed by atoms with Crippen molar-refractivity contribution in [3.05, 3.63) is 35.6 Å². The normalized spacial score (nSPS) is 10.4. The van der Waals surface area contributed by atoms with Gasteiger partial charge in [-0.2, -0.15) is 0 Å². The SMILES string of the molecule is C=CCOC(=O)c1c(N)nn2cc(Cl)cnc12. The Morgan fingerprint density at radius 1 is 1.71 bits per heavy atom. The van der Waals surface area contributed by atoms with Crippen LogP contribution >= 0.6 is 11.6 Å². The summed E-state index contributed by atoms with van der Waals surface area (Å²) in [5.74, 6) is -0.541. The summed E-state index contributed by atoms with van der Waals surface area (Å²) in [4.78, 5) is 15.7. The van der Waals surface area contributed by atoms with E-state index in [9.17, 15) is 4.79 Å². The van der Waals surface area contributed by atoms with Crippen molar-refractivity contribution < 1.29 is 9.53 Å². The predicted molar refractivity (Wildman–Crippen MR) is 62.9 cm³/mol. The van der Waals surface area contributed by atoms with Gasteiger partial charge in [0.1, 0.15) is 12.2 Å². The molecule has 0 unspecified atom stereocenters. The Kier molecular flexibility index (Phi) is 2.97. The van der Waals surface area contributed by atoms with Gasteiger partial charge in [0.25, 0.3) is 0 Å². The Hall–Kier alpha value is -2.08. The van der Waals surface area contributed by atoms with Crippen LogP contribution in [0.2, 0.25) is 5.02 Å². The summed E-state index contributed by atoms with van der Waals surface area (Å²) in [6, 6.07) is 0. The molecule has 0 radical (unpaired) electrons. The summed E-state index contributed by atoms with van der Waals surface area (Å²) in [5.41, 5.74) is 6.07. The van der Waals surface area contributed by atoms with Gasteiger partial charge < -0.3 is 10.5 Å². The molecule has 0 aromatic carbocycles. The van der Waals surface area contributed by atoms with Crippen LogP contribution in [0.1, 0.15) is 10.4 Å². The van der Waals surface area contributed by atoms with Gasteiger partial charge >= 0.3 is 5.97 Å². The molecule has 0 saturated heterocycles. The lowest BCUT2D eigenvalue weighted by Gasteiger charge is -2.00. The van der Waals surface area contributed by atoms with Crippen LogP contribution in [0.5, 0.6) is 0 Å². The number of carbonyl (C=O) groups is 1. The molecule has 0 saturated carbocycles. The van der Waals surface area contributed by atoms with Gasteiger partial charge in [-0.15, -0.1) is 5.10 Å². The molecule has 2 heterocycles. The van der Waals surface area contributed by atoms with Crippen LogP contribution in [-0.4, -0.2) is 27.2 Å². The quantitative estimate of drug-likeness (QED) is 0.658. The molecule has 2 aromatic rings. The zero-order chi connectivity index (χ0) is 12.4. The van der Waals surface area contributed by atoms with Crippen LogP contribution in [0.15, 0.2) is 25.0 Å². The molecule has 2 aromatic heterocycles. The number of rotatable bonds is 3. The molecule has 0 amide bonds. The first-order chi connectivity index (χ1) is 8.13. The maximum atomic E-state index is 11.7. The van der Waals surface area contributed by atoms with E-state index in [4.69, 9.17) is 22.1 Å². The number of esters is 1. The van der Waals surface area contributed by atoms with E-state index in [2.05, 4.69) is 16.7 Å². The van der Waals surface area contributed by atoms with Crippen molar-refractivity contribution in [3.8, 4) is 0 Å². The highest BCUT2D eigenvalue weighted by Gasteiger charge is 2.20. The summed E-state index contributed by atoms with van der Waals surface area (Å²) < 4.78 is 6.23. The number of anilines is 1. The minimum absolute atomic E-state index is 0.0498. The number of halogens is 1. The third kappa shape index (κ3) is 2.07. The maximum absolute atomic E-state index is 11.7. The van der Waals surface area contributed by atoms with E-state index in [1.54, 1.807) is 0 Å². The minimum Gasteiger partial charge on any atom is -0.458 e. The van der Waals surface area contributed by atoms with Crippen LogP contribution in [0, 0.1) is 0 Å². The van der Waals surface area contributed by atoms with Crippen LogP contribution in [0.4, 0.5) is 5.82 Å². The number of fused-ring (bicyclic) bond motifs is 1. The highest BCUT2D eigenvalue weighted by molar-refractivity contribution is 6.30. The van der Waals surface area contributed by atoms with Gasteiger partial charge in [0.15, 0.2) is 11.5 Å². The first-order valence-corrected chi connectivity index (χ1v) is 5.08.